The molecule has 9 nitrogen and oxygen atoms in total. The zero-order chi connectivity index (χ0) is 22.7. The van der Waals surface area contributed by atoms with Crippen molar-refractivity contribution in [3.8, 4) is 11.3 Å². The minimum absolute atomic E-state index is 0.0489. The highest BCUT2D eigenvalue weighted by Gasteiger charge is 2.31. The SMILES string of the molecule is Cc1onc(-c2ccccc2)c1C(=O)N1CCCC(n2cc(C(=O)NCC(C)C)nn2)C1. The van der Waals surface area contributed by atoms with E-state index in [0.29, 0.717) is 42.6 Å². The van der Waals surface area contributed by atoms with Crippen LogP contribution in [0.4, 0.5) is 0 Å². The number of amides is 2. The van der Waals surface area contributed by atoms with E-state index >= 15 is 0 Å². The van der Waals surface area contributed by atoms with Crippen LogP contribution in [0.15, 0.2) is 41.1 Å². The number of aromatic nitrogens is 4. The lowest BCUT2D eigenvalue weighted by atomic mass is 10.0. The molecule has 1 aromatic carbocycles. The number of carbonyl (C=O) groups excluding carboxylic acids is 2. The lowest BCUT2D eigenvalue weighted by molar-refractivity contribution is 0.0670. The van der Waals surface area contributed by atoms with Crippen molar-refractivity contribution in [3.63, 3.8) is 0 Å². The van der Waals surface area contributed by atoms with Crippen molar-refractivity contribution in [3.05, 3.63) is 53.5 Å². The van der Waals surface area contributed by atoms with E-state index in [9.17, 15) is 9.59 Å². The third-order valence-electron chi connectivity index (χ3n) is 5.60. The highest BCUT2D eigenvalue weighted by atomic mass is 16.5. The summed E-state index contributed by atoms with van der Waals surface area (Å²) in [5, 5.41) is 15.2. The lowest BCUT2D eigenvalue weighted by Crippen LogP contribution is -2.41. The van der Waals surface area contributed by atoms with Gasteiger partial charge in [-0.25, -0.2) is 4.68 Å². The summed E-state index contributed by atoms with van der Waals surface area (Å²) in [5.41, 5.74) is 2.18. The molecule has 0 bridgehead atoms. The molecule has 1 unspecified atom stereocenters. The summed E-state index contributed by atoms with van der Waals surface area (Å²) in [6.07, 6.45) is 3.35. The maximum atomic E-state index is 13.4. The predicted molar refractivity (Wildman–Crippen MR) is 118 cm³/mol. The van der Waals surface area contributed by atoms with Gasteiger partial charge in [0.1, 0.15) is 17.0 Å². The zero-order valence-corrected chi connectivity index (χ0v) is 18.6. The number of hydrogen-bond donors (Lipinski definition) is 1. The van der Waals surface area contributed by atoms with Gasteiger partial charge in [-0.15, -0.1) is 5.10 Å². The molecule has 3 heterocycles. The van der Waals surface area contributed by atoms with Crippen LogP contribution in [0.3, 0.4) is 0 Å². The maximum Gasteiger partial charge on any atom is 0.273 e. The molecular weight excluding hydrogens is 408 g/mol. The van der Waals surface area contributed by atoms with Crippen LogP contribution >= 0.6 is 0 Å². The van der Waals surface area contributed by atoms with Gasteiger partial charge in [-0.3, -0.25) is 9.59 Å². The number of hydrogen-bond acceptors (Lipinski definition) is 6. The normalized spacial score (nSPS) is 16.4. The molecule has 1 atom stereocenters. The summed E-state index contributed by atoms with van der Waals surface area (Å²) in [6.45, 7) is 7.53. The van der Waals surface area contributed by atoms with Gasteiger partial charge in [-0.05, 0) is 25.7 Å². The van der Waals surface area contributed by atoms with Crippen LogP contribution in [0.5, 0.6) is 0 Å². The van der Waals surface area contributed by atoms with Crippen molar-refractivity contribution in [1.82, 2.24) is 30.4 Å². The van der Waals surface area contributed by atoms with Gasteiger partial charge >= 0.3 is 0 Å². The predicted octanol–water partition coefficient (Wildman–Crippen LogP) is 3.10. The van der Waals surface area contributed by atoms with Crippen molar-refractivity contribution in [2.24, 2.45) is 5.92 Å². The van der Waals surface area contributed by atoms with Crippen molar-refractivity contribution in [2.75, 3.05) is 19.6 Å². The molecule has 0 spiro atoms. The van der Waals surface area contributed by atoms with Gasteiger partial charge in [0, 0.05) is 25.2 Å². The lowest BCUT2D eigenvalue weighted by Gasteiger charge is -2.32. The number of piperidine rings is 1. The molecule has 1 fully saturated rings. The fraction of sp³-hybridized carbons (Fsp3) is 0.435. The van der Waals surface area contributed by atoms with Crippen LogP contribution < -0.4 is 5.32 Å². The quantitative estimate of drug-likeness (QED) is 0.636. The van der Waals surface area contributed by atoms with E-state index in [1.165, 1.54) is 0 Å². The Morgan fingerprint density at radius 3 is 2.78 bits per heavy atom. The Morgan fingerprint density at radius 1 is 1.25 bits per heavy atom. The van der Waals surface area contributed by atoms with Crippen molar-refractivity contribution < 1.29 is 14.1 Å². The third kappa shape index (κ3) is 4.56. The van der Waals surface area contributed by atoms with E-state index in [4.69, 9.17) is 4.52 Å². The molecule has 3 aromatic rings. The molecule has 2 aromatic heterocycles. The number of rotatable bonds is 6. The molecule has 168 valence electrons. The van der Waals surface area contributed by atoms with Crippen molar-refractivity contribution >= 4 is 11.8 Å². The summed E-state index contributed by atoms with van der Waals surface area (Å²) in [5.74, 6) is 0.512. The second kappa shape index (κ2) is 9.33. The Bertz CT molecular complexity index is 1090. The first kappa shape index (κ1) is 21.7. The number of nitrogens with one attached hydrogen (secondary N) is 1. The van der Waals surface area contributed by atoms with Gasteiger partial charge in [0.25, 0.3) is 11.8 Å². The van der Waals surface area contributed by atoms with Crippen LogP contribution in [0.25, 0.3) is 11.3 Å². The van der Waals surface area contributed by atoms with Gasteiger partial charge in [0.15, 0.2) is 5.69 Å². The van der Waals surface area contributed by atoms with E-state index in [-0.39, 0.29) is 23.6 Å². The molecule has 9 heteroatoms. The van der Waals surface area contributed by atoms with Gasteiger partial charge < -0.3 is 14.7 Å². The number of aryl methyl sites for hydroxylation is 1. The molecule has 2 amide bonds. The maximum absolute atomic E-state index is 13.4. The molecule has 1 aliphatic rings. The van der Waals surface area contributed by atoms with Crippen LogP contribution in [0.1, 0.15) is 59.3 Å². The first-order valence-corrected chi connectivity index (χ1v) is 10.9. The monoisotopic (exact) mass is 436 g/mol. The van der Waals surface area contributed by atoms with E-state index in [0.717, 1.165) is 18.4 Å². The summed E-state index contributed by atoms with van der Waals surface area (Å²) in [4.78, 5) is 27.5. The van der Waals surface area contributed by atoms with Gasteiger partial charge in [-0.1, -0.05) is 54.5 Å². The average molecular weight is 437 g/mol. The third-order valence-corrected chi connectivity index (χ3v) is 5.60. The van der Waals surface area contributed by atoms with Crippen LogP contribution in [0.2, 0.25) is 0 Å². The van der Waals surface area contributed by atoms with Crippen LogP contribution in [-0.2, 0) is 0 Å². The summed E-state index contributed by atoms with van der Waals surface area (Å²) >= 11 is 0. The minimum Gasteiger partial charge on any atom is -0.360 e. The van der Waals surface area contributed by atoms with E-state index in [1.54, 1.807) is 22.7 Å². The van der Waals surface area contributed by atoms with Gasteiger partial charge in [0.2, 0.25) is 0 Å². The first-order chi connectivity index (χ1) is 15.4. The summed E-state index contributed by atoms with van der Waals surface area (Å²) in [7, 11) is 0. The summed E-state index contributed by atoms with van der Waals surface area (Å²) in [6, 6.07) is 9.51. The Balaban J connectivity index is 1.49. The highest BCUT2D eigenvalue weighted by molar-refractivity contribution is 6.00. The standard InChI is InChI=1S/C23H28N6O3/c1-15(2)12-24-22(30)19-14-29(27-25-19)18-10-7-11-28(13-18)23(31)20-16(3)32-26-21(20)17-8-5-4-6-9-17/h4-6,8-9,14-15,18H,7,10-13H2,1-3H3,(H,24,30). The smallest absolute Gasteiger partial charge is 0.273 e. The van der Waals surface area contributed by atoms with E-state index in [1.807, 2.05) is 44.2 Å². The average Bonchev–Trinajstić information content (AvgIpc) is 3.45. The van der Waals surface area contributed by atoms with Crippen molar-refractivity contribution in [2.45, 2.75) is 39.7 Å². The Kier molecular flexibility index (Phi) is 6.34. The molecule has 4 rings (SSSR count). The second-order valence-electron chi connectivity index (χ2n) is 8.56. The Hall–Kier alpha value is -3.49. The molecule has 1 aliphatic heterocycles. The number of carbonyl (C=O) groups is 2. The van der Waals surface area contributed by atoms with E-state index in [2.05, 4.69) is 20.8 Å². The molecular formula is C23H28N6O3. The molecule has 32 heavy (non-hydrogen) atoms. The largest absolute Gasteiger partial charge is 0.360 e. The van der Waals surface area contributed by atoms with Gasteiger partial charge in [-0.2, -0.15) is 0 Å². The second-order valence-corrected chi connectivity index (χ2v) is 8.56. The number of benzene rings is 1. The molecule has 0 aliphatic carbocycles. The fourth-order valence-electron chi connectivity index (χ4n) is 3.88. The first-order valence-electron chi connectivity index (χ1n) is 10.9. The van der Waals surface area contributed by atoms with Crippen LogP contribution in [-0.4, -0.2) is 56.5 Å². The minimum atomic E-state index is -0.235. The highest BCUT2D eigenvalue weighted by Crippen LogP contribution is 2.29. The fourth-order valence-corrected chi connectivity index (χ4v) is 3.88. The van der Waals surface area contributed by atoms with Crippen molar-refractivity contribution in [1.29, 1.82) is 0 Å². The molecule has 0 radical (unpaired) electrons. The topological polar surface area (TPSA) is 106 Å². The Labute approximate surface area is 186 Å². The van der Waals surface area contributed by atoms with Gasteiger partial charge in [0.05, 0.1) is 12.2 Å². The number of likely N-dealkylation sites (tertiary alicyclic amines) is 1. The molecule has 1 saturated heterocycles. The molecule has 1 N–H and O–H groups in total. The number of nitrogens with zero attached hydrogens (tertiary/aromatic N) is 5. The van der Waals surface area contributed by atoms with Crippen LogP contribution in [0, 0.1) is 12.8 Å². The summed E-state index contributed by atoms with van der Waals surface area (Å²) < 4.78 is 7.07. The molecule has 0 saturated carbocycles. The zero-order valence-electron chi connectivity index (χ0n) is 18.6. The van der Waals surface area contributed by atoms with E-state index < -0.39 is 0 Å². The Morgan fingerprint density at radius 2 is 2.03 bits per heavy atom.